The maximum Gasteiger partial charge on any atom is 0.406 e. The molecule has 3 atom stereocenters. The Morgan fingerprint density at radius 2 is 1.83 bits per heavy atom. The van der Waals surface area contributed by atoms with E-state index >= 15 is 0 Å². The van der Waals surface area contributed by atoms with Crippen molar-refractivity contribution in [2.45, 2.75) is 44.4 Å². The molecule has 3 amide bonds. The molecule has 3 unspecified atom stereocenters. The summed E-state index contributed by atoms with van der Waals surface area (Å²) < 4.78 is 22.7. The molecule has 0 aliphatic carbocycles. The van der Waals surface area contributed by atoms with Gasteiger partial charge in [-0.15, -0.1) is 0 Å². The summed E-state index contributed by atoms with van der Waals surface area (Å²) in [7, 11) is 4.88. The molecule has 0 bridgehead atoms. The second kappa shape index (κ2) is 18.5. The van der Waals surface area contributed by atoms with E-state index in [1.807, 2.05) is 49.5 Å². The zero-order valence-electron chi connectivity index (χ0n) is 27.7. The minimum Gasteiger partial charge on any atom is -0.497 e. The van der Waals surface area contributed by atoms with Gasteiger partial charge in [-0.2, -0.15) is 0 Å². The van der Waals surface area contributed by atoms with Crippen LogP contribution >= 0.6 is 11.6 Å². The maximum atomic E-state index is 13.4. The highest BCUT2D eigenvalue weighted by Crippen LogP contribution is 2.39. The van der Waals surface area contributed by atoms with Gasteiger partial charge in [-0.25, -0.2) is 9.59 Å². The lowest BCUT2D eigenvalue weighted by molar-refractivity contribution is -0.105. The van der Waals surface area contributed by atoms with Crippen molar-refractivity contribution in [3.8, 4) is 16.9 Å². The van der Waals surface area contributed by atoms with Crippen LogP contribution in [0.2, 0.25) is 5.02 Å². The molecule has 0 aromatic heterocycles. The first-order valence-corrected chi connectivity index (χ1v) is 16.5. The molecule has 10 nitrogen and oxygen atoms in total. The van der Waals surface area contributed by atoms with Crippen LogP contribution in [-0.2, 0) is 27.1 Å². The smallest absolute Gasteiger partial charge is 0.406 e. The molecule has 47 heavy (non-hydrogen) atoms. The standard InChI is InChI=1S/C36H47ClN4O6/c1-5-25-8-6-9-27(22-25)33-30(10-7-11-31(33)37)34(47-20-18-39-36(43)45-4)32-24-41(19-21-46-32)35(42)40-23-28(38-2)15-12-26-13-16-29(44-3)17-14-26/h6-11,13-14,16-17,22,28,32,34,38H,5,12,15,18-21,23-24H2,1-4H3,(H,39,43)(H,40,42). The highest BCUT2D eigenvalue weighted by Gasteiger charge is 2.34. The Bertz CT molecular complexity index is 1440. The molecular weight excluding hydrogens is 620 g/mol. The second-order valence-electron chi connectivity index (χ2n) is 11.4. The van der Waals surface area contributed by atoms with Crippen molar-refractivity contribution in [3.63, 3.8) is 0 Å². The van der Waals surface area contributed by atoms with Gasteiger partial charge in [-0.05, 0) is 66.8 Å². The fourth-order valence-corrected chi connectivity index (χ4v) is 5.98. The molecule has 0 saturated carbocycles. The highest BCUT2D eigenvalue weighted by molar-refractivity contribution is 6.33. The molecule has 0 spiro atoms. The first-order valence-electron chi connectivity index (χ1n) is 16.1. The zero-order valence-corrected chi connectivity index (χ0v) is 28.5. The Hall–Kier alpha value is -3.83. The summed E-state index contributed by atoms with van der Waals surface area (Å²) in [5.41, 5.74) is 5.08. The number of ether oxygens (including phenoxy) is 4. The van der Waals surface area contributed by atoms with Gasteiger partial charge in [0, 0.05) is 36.3 Å². The molecule has 1 saturated heterocycles. The number of hydrogen-bond acceptors (Lipinski definition) is 7. The number of urea groups is 1. The predicted octanol–water partition coefficient (Wildman–Crippen LogP) is 5.62. The summed E-state index contributed by atoms with van der Waals surface area (Å²) >= 11 is 6.85. The Kier molecular flexibility index (Phi) is 14.2. The molecule has 3 N–H and O–H groups in total. The number of alkyl carbamates (subject to hydrolysis) is 1. The van der Waals surface area contributed by atoms with Crippen LogP contribution < -0.4 is 20.7 Å². The Morgan fingerprint density at radius 1 is 1.04 bits per heavy atom. The van der Waals surface area contributed by atoms with Gasteiger partial charge in [-0.3, -0.25) is 0 Å². The fourth-order valence-electron chi connectivity index (χ4n) is 5.68. The number of benzene rings is 3. The van der Waals surface area contributed by atoms with E-state index in [0.717, 1.165) is 41.7 Å². The number of carbonyl (C=O) groups excluding carboxylic acids is 2. The number of morpholine rings is 1. The quantitative estimate of drug-likeness (QED) is 0.181. The van der Waals surface area contributed by atoms with Crippen molar-refractivity contribution in [1.82, 2.24) is 20.9 Å². The number of aryl methyl sites for hydroxylation is 2. The number of hydrogen-bond donors (Lipinski definition) is 3. The molecular formula is C36H47ClN4O6. The van der Waals surface area contributed by atoms with Gasteiger partial charge in [0.15, 0.2) is 0 Å². The third-order valence-electron chi connectivity index (χ3n) is 8.40. The summed E-state index contributed by atoms with van der Waals surface area (Å²) in [5, 5.41) is 9.69. The number of halogens is 1. The Balaban J connectivity index is 1.47. The monoisotopic (exact) mass is 666 g/mol. The number of nitrogens with zero attached hydrogens (tertiary/aromatic N) is 1. The number of carbonyl (C=O) groups is 2. The fraction of sp³-hybridized carbons (Fsp3) is 0.444. The Labute approximate surface area is 283 Å². The molecule has 3 aromatic carbocycles. The third kappa shape index (κ3) is 10.3. The van der Waals surface area contributed by atoms with Crippen molar-refractivity contribution in [2.75, 3.05) is 60.7 Å². The topological polar surface area (TPSA) is 110 Å². The summed E-state index contributed by atoms with van der Waals surface area (Å²) in [6.45, 7) is 4.16. The van der Waals surface area contributed by atoms with Crippen molar-refractivity contribution >= 4 is 23.7 Å². The van der Waals surface area contributed by atoms with E-state index in [0.29, 0.717) is 31.3 Å². The van der Waals surface area contributed by atoms with E-state index in [1.54, 1.807) is 12.0 Å². The van der Waals surface area contributed by atoms with Crippen LogP contribution in [0.4, 0.5) is 9.59 Å². The lowest BCUT2D eigenvalue weighted by Gasteiger charge is -2.38. The van der Waals surface area contributed by atoms with Gasteiger partial charge in [0.1, 0.15) is 18.0 Å². The van der Waals surface area contributed by atoms with Crippen LogP contribution in [0.1, 0.15) is 36.1 Å². The summed E-state index contributed by atoms with van der Waals surface area (Å²) in [6.07, 6.45) is 1.04. The van der Waals surface area contributed by atoms with Gasteiger partial charge < -0.3 is 39.8 Å². The van der Waals surface area contributed by atoms with Crippen molar-refractivity contribution in [1.29, 1.82) is 0 Å². The molecule has 1 heterocycles. The van der Waals surface area contributed by atoms with Gasteiger partial charge in [0.2, 0.25) is 0 Å². The highest BCUT2D eigenvalue weighted by atomic mass is 35.5. The van der Waals surface area contributed by atoms with Crippen molar-refractivity contribution in [3.05, 3.63) is 88.4 Å². The summed E-state index contributed by atoms with van der Waals surface area (Å²) in [5.74, 6) is 0.831. The number of amides is 3. The van der Waals surface area contributed by atoms with E-state index in [-0.39, 0.29) is 25.2 Å². The lowest BCUT2D eigenvalue weighted by Crippen LogP contribution is -2.53. The second-order valence-corrected chi connectivity index (χ2v) is 11.8. The molecule has 3 aromatic rings. The van der Waals surface area contributed by atoms with Gasteiger partial charge in [0.05, 0.1) is 34.0 Å². The normalized spacial score (nSPS) is 15.9. The first-order chi connectivity index (χ1) is 22.9. The maximum absolute atomic E-state index is 13.4. The van der Waals surface area contributed by atoms with Gasteiger partial charge in [0.25, 0.3) is 0 Å². The van der Waals surface area contributed by atoms with Crippen LogP contribution in [0.25, 0.3) is 11.1 Å². The van der Waals surface area contributed by atoms with Crippen molar-refractivity contribution < 1.29 is 28.5 Å². The molecule has 1 aliphatic rings. The van der Waals surface area contributed by atoms with E-state index in [9.17, 15) is 9.59 Å². The van der Waals surface area contributed by atoms with Crippen LogP contribution in [0.15, 0.2) is 66.7 Å². The number of nitrogens with one attached hydrogen (secondary N) is 3. The van der Waals surface area contributed by atoms with Crippen LogP contribution in [0.3, 0.4) is 0 Å². The van der Waals surface area contributed by atoms with Crippen LogP contribution in [0.5, 0.6) is 5.75 Å². The molecule has 11 heteroatoms. The molecule has 4 rings (SSSR count). The number of methoxy groups -OCH3 is 2. The van der Waals surface area contributed by atoms with Crippen molar-refractivity contribution in [2.24, 2.45) is 0 Å². The molecule has 1 aliphatic heterocycles. The molecule has 0 radical (unpaired) electrons. The first kappa shape index (κ1) is 36.0. The minimum absolute atomic E-state index is 0.101. The van der Waals surface area contributed by atoms with E-state index in [4.69, 9.17) is 30.5 Å². The number of rotatable bonds is 15. The average molecular weight is 667 g/mol. The van der Waals surface area contributed by atoms with E-state index in [1.165, 1.54) is 18.2 Å². The van der Waals surface area contributed by atoms with Crippen LogP contribution in [0, 0.1) is 0 Å². The third-order valence-corrected chi connectivity index (χ3v) is 8.71. The van der Waals surface area contributed by atoms with Gasteiger partial charge in [-0.1, -0.05) is 67.1 Å². The zero-order chi connectivity index (χ0) is 33.6. The van der Waals surface area contributed by atoms with E-state index in [2.05, 4.69) is 47.1 Å². The summed E-state index contributed by atoms with van der Waals surface area (Å²) in [4.78, 5) is 26.9. The lowest BCUT2D eigenvalue weighted by atomic mass is 9.92. The largest absolute Gasteiger partial charge is 0.497 e. The molecule has 254 valence electrons. The minimum atomic E-state index is -0.571. The van der Waals surface area contributed by atoms with Crippen LogP contribution in [-0.4, -0.2) is 89.8 Å². The SMILES string of the molecule is CCc1cccc(-c2c(Cl)cccc2C(OCCNC(=O)OC)C2CN(C(=O)NCC(CCc3ccc(OC)cc3)NC)CCO2)c1. The van der Waals surface area contributed by atoms with E-state index < -0.39 is 18.3 Å². The molecule has 1 fully saturated rings. The predicted molar refractivity (Wildman–Crippen MR) is 184 cm³/mol. The average Bonchev–Trinajstić information content (AvgIpc) is 3.11. The summed E-state index contributed by atoms with van der Waals surface area (Å²) in [6, 6.07) is 22.0. The van der Waals surface area contributed by atoms with Gasteiger partial charge >= 0.3 is 12.1 Å². The Morgan fingerprint density at radius 3 is 2.55 bits per heavy atom. The number of likely N-dealkylation sites (N-methyl/N-ethyl adjacent to an activating group) is 1.